The number of anilines is 1. The molecule has 0 bridgehead atoms. The van der Waals surface area contributed by atoms with E-state index in [-0.39, 0.29) is 12.5 Å². The van der Waals surface area contributed by atoms with Crippen molar-refractivity contribution >= 4 is 17.7 Å². The van der Waals surface area contributed by atoms with Crippen LogP contribution in [0.4, 0.5) is 10.5 Å². The van der Waals surface area contributed by atoms with Crippen LogP contribution in [0.1, 0.15) is 39.2 Å². The van der Waals surface area contributed by atoms with Crippen molar-refractivity contribution in [2.75, 3.05) is 25.1 Å². The lowest BCUT2D eigenvalue weighted by molar-refractivity contribution is 0.0960. The van der Waals surface area contributed by atoms with Gasteiger partial charge in [0.05, 0.1) is 11.9 Å². The van der Waals surface area contributed by atoms with E-state index in [1.807, 2.05) is 61.5 Å². The highest BCUT2D eigenvalue weighted by atomic mass is 16.5. The highest BCUT2D eigenvalue weighted by Gasteiger charge is 2.21. The van der Waals surface area contributed by atoms with E-state index in [2.05, 4.69) is 32.1 Å². The Labute approximate surface area is 205 Å². The number of alkyl carbamates (subject to hydrolysis) is 1. The number of hydrogen-bond donors (Lipinski definition) is 3. The van der Waals surface area contributed by atoms with E-state index in [9.17, 15) is 9.59 Å². The van der Waals surface area contributed by atoms with Crippen LogP contribution < -0.4 is 16.2 Å². The zero-order valence-corrected chi connectivity index (χ0v) is 19.9. The number of ether oxygens (including phenoxy) is 1. The van der Waals surface area contributed by atoms with Crippen molar-refractivity contribution in [1.82, 2.24) is 20.6 Å². The maximum absolute atomic E-state index is 12.8. The molecule has 8 nitrogen and oxygen atoms in total. The van der Waals surface area contributed by atoms with E-state index < -0.39 is 6.09 Å². The van der Waals surface area contributed by atoms with E-state index in [0.29, 0.717) is 12.1 Å². The molecule has 1 aliphatic heterocycles. The molecule has 0 saturated carbocycles. The first kappa shape index (κ1) is 24.2. The van der Waals surface area contributed by atoms with Crippen LogP contribution in [0.25, 0.3) is 0 Å². The van der Waals surface area contributed by atoms with Gasteiger partial charge < -0.3 is 10.1 Å². The summed E-state index contributed by atoms with van der Waals surface area (Å²) in [7, 11) is 0. The number of nitrogens with zero attached hydrogens (tertiary/aromatic N) is 2. The normalized spacial score (nSPS) is 12.9. The Balaban J connectivity index is 1.20. The van der Waals surface area contributed by atoms with Crippen LogP contribution in [0, 0.1) is 6.92 Å². The molecule has 1 aliphatic rings. The predicted octanol–water partition coefficient (Wildman–Crippen LogP) is 3.82. The summed E-state index contributed by atoms with van der Waals surface area (Å²) in [5.74, 6) is -0.158. The molecule has 0 atom stereocenters. The fourth-order valence-electron chi connectivity index (χ4n) is 4.08. The van der Waals surface area contributed by atoms with Gasteiger partial charge in [-0.1, -0.05) is 42.5 Å². The molecule has 3 N–H and O–H groups in total. The quantitative estimate of drug-likeness (QED) is 0.323. The second kappa shape index (κ2) is 12.0. The summed E-state index contributed by atoms with van der Waals surface area (Å²) in [6, 6.07) is 19.2. The van der Waals surface area contributed by atoms with Gasteiger partial charge in [0.15, 0.2) is 0 Å². The number of pyridine rings is 1. The number of amides is 2. The Morgan fingerprint density at radius 1 is 1.06 bits per heavy atom. The minimum atomic E-state index is -0.400. The third kappa shape index (κ3) is 7.04. The fourth-order valence-corrected chi connectivity index (χ4v) is 4.08. The zero-order valence-electron chi connectivity index (χ0n) is 19.9. The summed E-state index contributed by atoms with van der Waals surface area (Å²) in [5, 5.41) is 2.81. The zero-order chi connectivity index (χ0) is 24.5. The lowest BCUT2D eigenvalue weighted by Gasteiger charge is -2.30. The molecule has 2 aromatic carbocycles. The second-order valence-corrected chi connectivity index (χ2v) is 8.58. The SMILES string of the molecule is Cc1ccc(NNC(=O)c2cccc3c2CCN(CCCNC(=O)OCc2ccccc2)C3)cn1. The van der Waals surface area contributed by atoms with Gasteiger partial charge in [-0.2, -0.15) is 0 Å². The number of fused-ring (bicyclic) bond motifs is 1. The lowest BCUT2D eigenvalue weighted by Crippen LogP contribution is -2.36. The molecule has 35 heavy (non-hydrogen) atoms. The number of hydrazine groups is 1. The molecule has 0 aliphatic carbocycles. The van der Waals surface area contributed by atoms with Gasteiger partial charge in [0, 0.05) is 37.4 Å². The second-order valence-electron chi connectivity index (χ2n) is 8.58. The number of nitrogens with one attached hydrogen (secondary N) is 3. The van der Waals surface area contributed by atoms with Gasteiger partial charge in [-0.15, -0.1) is 0 Å². The van der Waals surface area contributed by atoms with Crippen LogP contribution >= 0.6 is 0 Å². The van der Waals surface area contributed by atoms with Gasteiger partial charge in [-0.3, -0.25) is 25.5 Å². The molecule has 8 heteroatoms. The minimum Gasteiger partial charge on any atom is -0.445 e. The monoisotopic (exact) mass is 473 g/mol. The Morgan fingerprint density at radius 3 is 2.71 bits per heavy atom. The summed E-state index contributed by atoms with van der Waals surface area (Å²) >= 11 is 0. The molecule has 0 unspecified atom stereocenters. The number of aryl methyl sites for hydroxylation is 1. The van der Waals surface area contributed by atoms with Crippen molar-refractivity contribution in [3.63, 3.8) is 0 Å². The van der Waals surface area contributed by atoms with Crippen molar-refractivity contribution in [1.29, 1.82) is 0 Å². The van der Waals surface area contributed by atoms with E-state index in [4.69, 9.17) is 4.74 Å². The fraction of sp³-hybridized carbons (Fsp3) is 0.296. The van der Waals surface area contributed by atoms with Crippen LogP contribution in [0.5, 0.6) is 0 Å². The molecule has 0 fully saturated rings. The molecule has 0 spiro atoms. The number of hydrogen-bond acceptors (Lipinski definition) is 6. The molecule has 2 heterocycles. The van der Waals surface area contributed by atoms with Gasteiger partial charge in [-0.25, -0.2) is 4.79 Å². The Morgan fingerprint density at radius 2 is 1.91 bits per heavy atom. The first-order valence-electron chi connectivity index (χ1n) is 11.8. The summed E-state index contributed by atoms with van der Waals surface area (Å²) in [5.41, 5.74) is 11.3. The van der Waals surface area contributed by atoms with Crippen molar-refractivity contribution in [3.05, 3.63) is 94.8 Å². The number of benzene rings is 2. The Hall–Kier alpha value is -3.91. The van der Waals surface area contributed by atoms with Crippen LogP contribution in [-0.4, -0.2) is 41.5 Å². The number of carbonyl (C=O) groups excluding carboxylic acids is 2. The molecule has 3 aromatic rings. The van der Waals surface area contributed by atoms with Gasteiger partial charge in [0.2, 0.25) is 0 Å². The number of rotatable bonds is 9. The molecule has 0 saturated heterocycles. The summed E-state index contributed by atoms with van der Waals surface area (Å²) in [4.78, 5) is 31.3. The van der Waals surface area contributed by atoms with Crippen LogP contribution in [0.3, 0.4) is 0 Å². The largest absolute Gasteiger partial charge is 0.445 e. The molecular formula is C27H31N5O3. The van der Waals surface area contributed by atoms with Crippen LogP contribution in [0.2, 0.25) is 0 Å². The average Bonchev–Trinajstić information content (AvgIpc) is 2.89. The van der Waals surface area contributed by atoms with Gasteiger partial charge >= 0.3 is 6.09 Å². The Kier molecular flexibility index (Phi) is 8.30. The molecule has 182 valence electrons. The standard InChI is InChI=1S/C27H31N5O3/c1-20-11-12-23(17-29-20)30-31-26(33)25-10-5-9-22-18-32(16-13-24(22)25)15-6-14-28-27(34)35-19-21-7-3-2-4-8-21/h2-5,7-12,17,30H,6,13-16,18-19H2,1H3,(H,28,34)(H,31,33). The first-order chi connectivity index (χ1) is 17.1. The molecule has 2 amide bonds. The van der Waals surface area contributed by atoms with Crippen LogP contribution in [0.15, 0.2) is 66.9 Å². The number of carbonyl (C=O) groups is 2. The topological polar surface area (TPSA) is 95.6 Å². The highest BCUT2D eigenvalue weighted by molar-refractivity contribution is 5.96. The van der Waals surface area contributed by atoms with Crippen molar-refractivity contribution < 1.29 is 14.3 Å². The van der Waals surface area contributed by atoms with E-state index in [1.54, 1.807) is 6.20 Å². The minimum absolute atomic E-state index is 0.158. The van der Waals surface area contributed by atoms with Crippen molar-refractivity contribution in [2.45, 2.75) is 32.9 Å². The maximum Gasteiger partial charge on any atom is 0.407 e. The first-order valence-corrected chi connectivity index (χ1v) is 11.8. The maximum atomic E-state index is 12.8. The smallest absolute Gasteiger partial charge is 0.407 e. The Bertz CT molecular complexity index is 1140. The summed E-state index contributed by atoms with van der Waals surface area (Å²) < 4.78 is 5.25. The van der Waals surface area contributed by atoms with E-state index >= 15 is 0 Å². The van der Waals surface area contributed by atoms with Gasteiger partial charge in [0.25, 0.3) is 5.91 Å². The van der Waals surface area contributed by atoms with Crippen molar-refractivity contribution in [3.8, 4) is 0 Å². The lowest BCUT2D eigenvalue weighted by atomic mass is 9.94. The summed E-state index contributed by atoms with van der Waals surface area (Å²) in [6.45, 7) is 5.24. The molecule has 0 radical (unpaired) electrons. The van der Waals surface area contributed by atoms with E-state index in [1.165, 1.54) is 0 Å². The highest BCUT2D eigenvalue weighted by Crippen LogP contribution is 2.23. The molecular weight excluding hydrogens is 442 g/mol. The summed E-state index contributed by atoms with van der Waals surface area (Å²) in [6.07, 6.45) is 2.91. The third-order valence-corrected chi connectivity index (χ3v) is 5.95. The predicted molar refractivity (Wildman–Crippen MR) is 135 cm³/mol. The average molecular weight is 474 g/mol. The van der Waals surface area contributed by atoms with Gasteiger partial charge in [-0.05, 0) is 54.7 Å². The van der Waals surface area contributed by atoms with Crippen molar-refractivity contribution in [2.24, 2.45) is 0 Å². The van der Waals surface area contributed by atoms with Gasteiger partial charge in [0.1, 0.15) is 6.61 Å². The van der Waals surface area contributed by atoms with E-state index in [0.717, 1.165) is 60.5 Å². The number of aromatic nitrogens is 1. The van der Waals surface area contributed by atoms with Crippen LogP contribution in [-0.2, 0) is 24.3 Å². The third-order valence-electron chi connectivity index (χ3n) is 5.95. The molecule has 4 rings (SSSR count). The molecule has 1 aromatic heterocycles.